The number of anilines is 1. The molecule has 3 aromatic rings. The van der Waals surface area contributed by atoms with Gasteiger partial charge < -0.3 is 39.7 Å². The van der Waals surface area contributed by atoms with Gasteiger partial charge in [-0.25, -0.2) is 14.0 Å². The second-order valence-electron chi connectivity index (χ2n) is 10.2. The van der Waals surface area contributed by atoms with Crippen molar-refractivity contribution in [3.05, 3.63) is 95.8 Å². The van der Waals surface area contributed by atoms with E-state index in [9.17, 15) is 39.5 Å². The van der Waals surface area contributed by atoms with Crippen LogP contribution in [0.5, 0.6) is 5.75 Å². The molecule has 0 unspecified atom stereocenters. The van der Waals surface area contributed by atoms with Crippen LogP contribution in [0.2, 0.25) is 0 Å². The van der Waals surface area contributed by atoms with Crippen molar-refractivity contribution in [3.63, 3.8) is 0 Å². The third-order valence-electron chi connectivity index (χ3n) is 7.37. The molecule has 3 aromatic carbocycles. The van der Waals surface area contributed by atoms with Crippen molar-refractivity contribution in [1.82, 2.24) is 0 Å². The van der Waals surface area contributed by atoms with Crippen LogP contribution in [0.25, 0.3) is 0 Å². The van der Waals surface area contributed by atoms with E-state index < -0.39 is 66.8 Å². The SMILES string of the molecule is O=C(O)[C@H]1O[C@@H](Oc2ccc([C@@H]3[C@@H]([C@H](O)CCc4ccccc4)OC(=O)N3c3ccc(F)cc3)cc2)[C@H](O)[C@@H](O)[C@@H]1O. The monoisotopic (exact) mass is 583 g/mol. The fraction of sp³-hybridized carbons (Fsp3) is 0.333. The second-order valence-corrected chi connectivity index (χ2v) is 10.2. The van der Waals surface area contributed by atoms with Crippen molar-refractivity contribution in [2.45, 2.75) is 61.8 Å². The van der Waals surface area contributed by atoms with E-state index in [1.165, 1.54) is 41.3 Å². The van der Waals surface area contributed by atoms with Crippen molar-refractivity contribution in [2.24, 2.45) is 0 Å². The number of cyclic esters (lactones) is 1. The fourth-order valence-corrected chi connectivity index (χ4v) is 5.14. The van der Waals surface area contributed by atoms with E-state index in [1.54, 1.807) is 12.1 Å². The largest absolute Gasteiger partial charge is 0.479 e. The average Bonchev–Trinajstić information content (AvgIpc) is 3.34. The van der Waals surface area contributed by atoms with Gasteiger partial charge in [-0.15, -0.1) is 0 Å². The van der Waals surface area contributed by atoms with Crippen LogP contribution in [0.15, 0.2) is 78.9 Å². The maximum atomic E-state index is 13.7. The van der Waals surface area contributed by atoms with E-state index in [2.05, 4.69) is 0 Å². The molecule has 0 saturated carbocycles. The van der Waals surface area contributed by atoms with Crippen LogP contribution in [0.1, 0.15) is 23.6 Å². The molecule has 2 saturated heterocycles. The topological polar surface area (TPSA) is 166 Å². The van der Waals surface area contributed by atoms with E-state index in [0.717, 1.165) is 5.56 Å². The quantitative estimate of drug-likeness (QED) is 0.252. The average molecular weight is 584 g/mol. The molecule has 2 aliphatic rings. The number of hydrogen-bond donors (Lipinski definition) is 5. The summed E-state index contributed by atoms with van der Waals surface area (Å²) < 4.78 is 30.1. The number of halogens is 1. The van der Waals surface area contributed by atoms with Crippen LogP contribution in [-0.4, -0.2) is 80.5 Å². The first kappa shape index (κ1) is 29.4. The summed E-state index contributed by atoms with van der Waals surface area (Å²) in [5.41, 5.74) is 1.89. The lowest BCUT2D eigenvalue weighted by Gasteiger charge is -2.38. The lowest BCUT2D eigenvalue weighted by Crippen LogP contribution is -2.61. The van der Waals surface area contributed by atoms with Crippen molar-refractivity contribution in [3.8, 4) is 5.75 Å². The number of nitrogens with zero attached hydrogens (tertiary/aromatic N) is 1. The molecule has 1 amide bonds. The summed E-state index contributed by atoms with van der Waals surface area (Å²) >= 11 is 0. The van der Waals surface area contributed by atoms with Crippen LogP contribution < -0.4 is 9.64 Å². The summed E-state index contributed by atoms with van der Waals surface area (Å²) in [4.78, 5) is 25.8. The van der Waals surface area contributed by atoms with Gasteiger partial charge in [-0.1, -0.05) is 42.5 Å². The van der Waals surface area contributed by atoms with Crippen molar-refractivity contribution >= 4 is 17.7 Å². The molecule has 0 bridgehead atoms. The van der Waals surface area contributed by atoms with Gasteiger partial charge >= 0.3 is 12.1 Å². The maximum absolute atomic E-state index is 13.7. The van der Waals surface area contributed by atoms with Crippen LogP contribution in [-0.2, 0) is 20.7 Å². The summed E-state index contributed by atoms with van der Waals surface area (Å²) in [5.74, 6) is -1.91. The standard InChI is InChI=1S/C30H30FNO10/c31-18-9-11-19(12-10-18)32-22(26(42-30(32)39)21(33)15-6-16-4-2-1-3-5-16)17-7-13-20(14-8-17)40-29-25(36)23(34)24(35)27(41-29)28(37)38/h1-5,7-14,21-27,29,33-36H,6,15H2,(H,37,38)/t21-,22-,23+,24+,25-,26-,27+,29-/m1/s1. The van der Waals surface area contributed by atoms with E-state index in [0.29, 0.717) is 24.1 Å². The summed E-state index contributed by atoms with van der Waals surface area (Å²) in [6.45, 7) is 0. The molecular formula is C30H30FNO10. The number of hydrogen-bond acceptors (Lipinski definition) is 9. The molecular weight excluding hydrogens is 553 g/mol. The Hall–Kier alpha value is -4.07. The molecule has 2 aliphatic heterocycles. The molecule has 5 rings (SSSR count). The molecule has 42 heavy (non-hydrogen) atoms. The molecule has 5 N–H and O–H groups in total. The highest BCUT2D eigenvalue weighted by Crippen LogP contribution is 2.40. The van der Waals surface area contributed by atoms with Crippen molar-refractivity contribution < 1.29 is 53.7 Å². The highest BCUT2D eigenvalue weighted by molar-refractivity contribution is 5.91. The lowest BCUT2D eigenvalue weighted by molar-refractivity contribution is -0.271. The van der Waals surface area contributed by atoms with Gasteiger partial charge in [0.1, 0.15) is 35.9 Å². The molecule has 12 heteroatoms. The van der Waals surface area contributed by atoms with Gasteiger partial charge in [-0.05, 0) is 60.4 Å². The van der Waals surface area contributed by atoms with Crippen LogP contribution in [0.3, 0.4) is 0 Å². The minimum absolute atomic E-state index is 0.121. The Bertz CT molecular complexity index is 1370. The first-order valence-corrected chi connectivity index (χ1v) is 13.3. The summed E-state index contributed by atoms with van der Waals surface area (Å²) in [7, 11) is 0. The van der Waals surface area contributed by atoms with Gasteiger partial charge in [0, 0.05) is 5.69 Å². The minimum atomic E-state index is -1.86. The van der Waals surface area contributed by atoms with Crippen LogP contribution >= 0.6 is 0 Å². The molecule has 0 aromatic heterocycles. The number of aliphatic hydroxyl groups excluding tert-OH is 4. The molecule has 222 valence electrons. The number of ether oxygens (including phenoxy) is 3. The van der Waals surface area contributed by atoms with Gasteiger partial charge in [0.05, 0.1) is 6.10 Å². The zero-order valence-corrected chi connectivity index (χ0v) is 22.1. The maximum Gasteiger partial charge on any atom is 0.415 e. The van der Waals surface area contributed by atoms with Crippen molar-refractivity contribution in [1.29, 1.82) is 0 Å². The molecule has 0 radical (unpaired) electrons. The molecule has 2 fully saturated rings. The van der Waals surface area contributed by atoms with E-state index in [1.807, 2.05) is 30.3 Å². The Balaban J connectivity index is 1.39. The smallest absolute Gasteiger partial charge is 0.415 e. The summed E-state index contributed by atoms with van der Waals surface area (Å²) in [5, 5.41) is 50.6. The third-order valence-corrected chi connectivity index (χ3v) is 7.37. The number of carboxylic acid groups (broad SMARTS) is 1. The Labute approximate surface area is 239 Å². The number of benzene rings is 3. The Kier molecular flexibility index (Phi) is 8.71. The first-order valence-electron chi connectivity index (χ1n) is 13.3. The number of aliphatic hydroxyl groups is 4. The fourth-order valence-electron chi connectivity index (χ4n) is 5.14. The molecule has 2 heterocycles. The zero-order chi connectivity index (χ0) is 30.0. The highest BCUT2D eigenvalue weighted by atomic mass is 19.1. The Morgan fingerprint density at radius 2 is 1.60 bits per heavy atom. The first-order chi connectivity index (χ1) is 20.1. The predicted octanol–water partition coefficient (Wildman–Crippen LogP) is 2.16. The van der Waals surface area contributed by atoms with Gasteiger partial charge in [0.25, 0.3) is 0 Å². The number of carboxylic acids is 1. The summed E-state index contributed by atoms with van der Waals surface area (Å²) in [6.07, 6.45) is -10.8. The molecule has 11 nitrogen and oxygen atoms in total. The van der Waals surface area contributed by atoms with Crippen molar-refractivity contribution in [2.75, 3.05) is 4.90 Å². The van der Waals surface area contributed by atoms with Gasteiger partial charge in [0.15, 0.2) is 12.2 Å². The predicted molar refractivity (Wildman–Crippen MR) is 144 cm³/mol. The van der Waals surface area contributed by atoms with E-state index in [-0.39, 0.29) is 5.75 Å². The Morgan fingerprint density at radius 1 is 0.929 bits per heavy atom. The van der Waals surface area contributed by atoms with Gasteiger partial charge in [-0.3, -0.25) is 4.90 Å². The second kappa shape index (κ2) is 12.4. The molecule has 0 spiro atoms. The number of aliphatic carboxylic acids is 1. The molecule has 8 atom stereocenters. The number of amides is 1. The van der Waals surface area contributed by atoms with Gasteiger partial charge in [-0.2, -0.15) is 0 Å². The number of aryl methyl sites for hydroxylation is 1. The van der Waals surface area contributed by atoms with Crippen LogP contribution in [0.4, 0.5) is 14.9 Å². The number of rotatable bonds is 9. The number of carbonyl (C=O) groups is 2. The molecule has 0 aliphatic carbocycles. The number of carbonyl (C=O) groups excluding carboxylic acids is 1. The normalized spacial score (nSPS) is 28.3. The lowest BCUT2D eigenvalue weighted by atomic mass is 9.93. The highest BCUT2D eigenvalue weighted by Gasteiger charge is 2.49. The van der Waals surface area contributed by atoms with E-state index >= 15 is 0 Å². The van der Waals surface area contributed by atoms with Crippen LogP contribution in [0, 0.1) is 5.82 Å². The Morgan fingerprint density at radius 3 is 2.24 bits per heavy atom. The minimum Gasteiger partial charge on any atom is -0.479 e. The van der Waals surface area contributed by atoms with E-state index in [4.69, 9.17) is 14.2 Å². The summed E-state index contributed by atoms with van der Waals surface area (Å²) in [6, 6.07) is 20.1. The van der Waals surface area contributed by atoms with Gasteiger partial charge in [0.2, 0.25) is 6.29 Å². The zero-order valence-electron chi connectivity index (χ0n) is 22.1. The third kappa shape index (κ3) is 6.08.